The van der Waals surface area contributed by atoms with E-state index in [4.69, 9.17) is 0 Å². The quantitative estimate of drug-likeness (QED) is 0.324. The summed E-state index contributed by atoms with van der Waals surface area (Å²) in [7, 11) is 0. The third kappa shape index (κ3) is 3.73. The van der Waals surface area contributed by atoms with Gasteiger partial charge in [0, 0.05) is 11.1 Å². The van der Waals surface area contributed by atoms with Gasteiger partial charge >= 0.3 is 0 Å². The maximum absolute atomic E-state index is 4.41. The van der Waals surface area contributed by atoms with Crippen molar-refractivity contribution in [2.45, 2.75) is 0 Å². The van der Waals surface area contributed by atoms with Crippen LogP contribution in [0.25, 0.3) is 43.4 Å². The van der Waals surface area contributed by atoms with Gasteiger partial charge in [-0.1, -0.05) is 121 Å². The van der Waals surface area contributed by atoms with Crippen molar-refractivity contribution >= 4 is 11.3 Å². The Bertz CT molecular complexity index is 1110. The first-order valence-electron chi connectivity index (χ1n) is 9.52. The Kier molecular flexibility index (Phi) is 4.73. The van der Waals surface area contributed by atoms with Gasteiger partial charge < -0.3 is 0 Å². The van der Waals surface area contributed by atoms with E-state index < -0.39 is 0 Å². The molecule has 0 bridgehead atoms. The number of hydrogen-bond acceptors (Lipinski definition) is 3. The van der Waals surface area contributed by atoms with E-state index in [1.54, 1.807) is 11.3 Å². The highest BCUT2D eigenvalue weighted by molar-refractivity contribution is 7.17. The third-order valence-corrected chi connectivity index (χ3v) is 5.92. The lowest BCUT2D eigenvalue weighted by Gasteiger charge is -2.02. The van der Waals surface area contributed by atoms with Crippen molar-refractivity contribution in [1.29, 1.82) is 0 Å². The number of aromatic nitrogens is 2. The van der Waals surface area contributed by atoms with Crippen molar-refractivity contribution in [3.05, 3.63) is 109 Å². The Hall–Kier alpha value is -3.56. The molecule has 5 aromatic rings. The summed E-state index contributed by atoms with van der Waals surface area (Å²) in [5.74, 6) is 0. The molecule has 5 rings (SSSR count). The topological polar surface area (TPSA) is 25.8 Å². The minimum Gasteiger partial charge on any atom is -0.138 e. The summed E-state index contributed by atoms with van der Waals surface area (Å²) >= 11 is 1.62. The van der Waals surface area contributed by atoms with Crippen LogP contribution in [0.15, 0.2) is 109 Å². The molecular weight excluding hydrogens is 372 g/mol. The normalized spacial score (nSPS) is 10.8. The molecule has 0 aliphatic heterocycles. The van der Waals surface area contributed by atoms with Crippen LogP contribution in [-0.4, -0.2) is 10.2 Å². The van der Waals surface area contributed by atoms with E-state index in [0.717, 1.165) is 21.1 Å². The fourth-order valence-electron chi connectivity index (χ4n) is 3.33. The zero-order valence-corrected chi connectivity index (χ0v) is 16.5. The minimum atomic E-state index is 0.937. The highest BCUT2D eigenvalue weighted by Crippen LogP contribution is 2.32. The number of benzene rings is 4. The lowest BCUT2D eigenvalue weighted by molar-refractivity contribution is 1.10. The van der Waals surface area contributed by atoms with Gasteiger partial charge in [0.25, 0.3) is 0 Å². The van der Waals surface area contributed by atoms with E-state index >= 15 is 0 Å². The number of rotatable bonds is 4. The molecule has 4 aromatic carbocycles. The molecule has 3 heteroatoms. The van der Waals surface area contributed by atoms with Crippen LogP contribution < -0.4 is 0 Å². The fraction of sp³-hybridized carbons (Fsp3) is 0. The van der Waals surface area contributed by atoms with Gasteiger partial charge in [0.05, 0.1) is 0 Å². The number of nitrogens with zero attached hydrogens (tertiary/aromatic N) is 2. The summed E-state index contributed by atoms with van der Waals surface area (Å²) in [4.78, 5) is 0. The zero-order chi connectivity index (χ0) is 19.5. The van der Waals surface area contributed by atoms with Crippen molar-refractivity contribution < 1.29 is 0 Å². The molecule has 0 spiro atoms. The number of hydrogen-bond donors (Lipinski definition) is 0. The Morgan fingerprint density at radius 3 is 1.03 bits per heavy atom. The highest BCUT2D eigenvalue weighted by atomic mass is 32.1. The molecule has 138 valence electrons. The fourth-order valence-corrected chi connectivity index (χ4v) is 4.18. The van der Waals surface area contributed by atoms with Crippen molar-refractivity contribution in [1.82, 2.24) is 10.2 Å². The van der Waals surface area contributed by atoms with Crippen LogP contribution in [0.1, 0.15) is 0 Å². The van der Waals surface area contributed by atoms with Crippen LogP contribution in [0, 0.1) is 0 Å². The van der Waals surface area contributed by atoms with Crippen LogP contribution in [0.5, 0.6) is 0 Å². The maximum atomic E-state index is 4.41. The highest BCUT2D eigenvalue weighted by Gasteiger charge is 2.09. The van der Waals surface area contributed by atoms with Crippen molar-refractivity contribution in [2.75, 3.05) is 0 Å². The van der Waals surface area contributed by atoms with Gasteiger partial charge in [-0.15, -0.1) is 10.2 Å². The standard InChI is InChI=1S/C26H18N2S/c1-3-7-19(8-4-1)21-11-15-23(16-12-21)25-27-28-26(29-25)24-17-13-22(14-18-24)20-9-5-2-6-10-20/h1-18H. The van der Waals surface area contributed by atoms with E-state index in [-0.39, 0.29) is 0 Å². The monoisotopic (exact) mass is 390 g/mol. The van der Waals surface area contributed by atoms with Crippen LogP contribution in [0.4, 0.5) is 0 Å². The molecule has 1 aromatic heterocycles. The molecule has 0 saturated heterocycles. The van der Waals surface area contributed by atoms with Gasteiger partial charge in [-0.2, -0.15) is 0 Å². The lowest BCUT2D eigenvalue weighted by Crippen LogP contribution is -1.80. The first-order chi connectivity index (χ1) is 14.4. The van der Waals surface area contributed by atoms with Crippen LogP contribution in [0.2, 0.25) is 0 Å². The van der Waals surface area contributed by atoms with Crippen molar-refractivity contribution in [3.63, 3.8) is 0 Å². The summed E-state index contributed by atoms with van der Waals surface area (Å²) in [5, 5.41) is 10.7. The van der Waals surface area contributed by atoms with Gasteiger partial charge in [0.15, 0.2) is 0 Å². The molecule has 0 amide bonds. The predicted octanol–water partition coefficient (Wildman–Crippen LogP) is 7.21. The van der Waals surface area contributed by atoms with E-state index in [0.29, 0.717) is 0 Å². The Balaban J connectivity index is 1.38. The van der Waals surface area contributed by atoms with E-state index in [2.05, 4.69) is 107 Å². The summed E-state index contributed by atoms with van der Waals surface area (Å²) < 4.78 is 0. The lowest BCUT2D eigenvalue weighted by atomic mass is 10.0. The van der Waals surface area contributed by atoms with Gasteiger partial charge in [0.1, 0.15) is 10.0 Å². The summed E-state index contributed by atoms with van der Waals surface area (Å²) in [6, 6.07) is 37.8. The summed E-state index contributed by atoms with van der Waals surface area (Å²) in [6.45, 7) is 0. The van der Waals surface area contributed by atoms with E-state index in [1.807, 2.05) is 12.1 Å². The SMILES string of the molecule is c1ccc(-c2ccc(-c3nnc(-c4ccc(-c5ccccc5)cc4)s3)cc2)cc1. The molecule has 0 aliphatic rings. The maximum Gasteiger partial charge on any atom is 0.148 e. The largest absolute Gasteiger partial charge is 0.148 e. The van der Waals surface area contributed by atoms with Gasteiger partial charge in [-0.25, -0.2) is 0 Å². The van der Waals surface area contributed by atoms with E-state index in [1.165, 1.54) is 22.3 Å². The average Bonchev–Trinajstić information content (AvgIpc) is 3.31. The molecule has 1 heterocycles. The van der Waals surface area contributed by atoms with Gasteiger partial charge in [-0.05, 0) is 22.3 Å². The first-order valence-corrected chi connectivity index (χ1v) is 10.3. The minimum absolute atomic E-state index is 0.937. The van der Waals surface area contributed by atoms with Crippen molar-refractivity contribution in [3.8, 4) is 43.4 Å². The van der Waals surface area contributed by atoms with Gasteiger partial charge in [-0.3, -0.25) is 0 Å². The van der Waals surface area contributed by atoms with Crippen LogP contribution in [-0.2, 0) is 0 Å². The molecule has 0 saturated carbocycles. The average molecular weight is 391 g/mol. The summed E-state index contributed by atoms with van der Waals surface area (Å²) in [6.07, 6.45) is 0. The molecule has 0 aliphatic carbocycles. The predicted molar refractivity (Wildman–Crippen MR) is 122 cm³/mol. The first kappa shape index (κ1) is 17.5. The molecule has 29 heavy (non-hydrogen) atoms. The molecule has 0 N–H and O–H groups in total. The third-order valence-electron chi connectivity index (χ3n) is 4.90. The van der Waals surface area contributed by atoms with E-state index in [9.17, 15) is 0 Å². The van der Waals surface area contributed by atoms with Crippen molar-refractivity contribution in [2.24, 2.45) is 0 Å². The molecule has 0 unspecified atom stereocenters. The summed E-state index contributed by atoms with van der Waals surface area (Å²) in [5.41, 5.74) is 7.03. The molecule has 0 radical (unpaired) electrons. The smallest absolute Gasteiger partial charge is 0.138 e. The molecule has 2 nitrogen and oxygen atoms in total. The van der Waals surface area contributed by atoms with Crippen LogP contribution >= 0.6 is 11.3 Å². The second kappa shape index (κ2) is 7.82. The van der Waals surface area contributed by atoms with Gasteiger partial charge in [0.2, 0.25) is 0 Å². The molecular formula is C26H18N2S. The Labute approximate surface area is 174 Å². The second-order valence-corrected chi connectivity index (χ2v) is 7.78. The Morgan fingerprint density at radius 2 is 0.655 bits per heavy atom. The second-order valence-electron chi connectivity index (χ2n) is 6.80. The zero-order valence-electron chi connectivity index (χ0n) is 15.7. The molecule has 0 atom stereocenters. The van der Waals surface area contributed by atoms with Crippen LogP contribution in [0.3, 0.4) is 0 Å². The Morgan fingerprint density at radius 1 is 0.345 bits per heavy atom. The molecule has 0 fully saturated rings.